The van der Waals surface area contributed by atoms with Crippen LogP contribution in [0.2, 0.25) is 0 Å². The van der Waals surface area contributed by atoms with E-state index < -0.39 is 0 Å². The third kappa shape index (κ3) is 7.89. The first-order chi connectivity index (χ1) is 15.5. The molecule has 0 atom stereocenters. The zero-order chi connectivity index (χ0) is 22.8. The number of guanidine groups is 1. The predicted molar refractivity (Wildman–Crippen MR) is 132 cm³/mol. The summed E-state index contributed by atoms with van der Waals surface area (Å²) < 4.78 is 0. The first-order valence-corrected chi connectivity index (χ1v) is 11.4. The lowest BCUT2D eigenvalue weighted by Crippen LogP contribution is -2.48. The third-order valence-corrected chi connectivity index (χ3v) is 5.49. The lowest BCUT2D eigenvalue weighted by atomic mass is 10.0. The quantitative estimate of drug-likeness (QED) is 0.395. The van der Waals surface area contributed by atoms with Crippen LogP contribution in [0.1, 0.15) is 37.8 Å². The molecule has 32 heavy (non-hydrogen) atoms. The summed E-state index contributed by atoms with van der Waals surface area (Å²) in [4.78, 5) is 18.7. The maximum atomic E-state index is 11.8. The number of nitrogens with one attached hydrogen (secondary N) is 4. The van der Waals surface area contributed by atoms with Crippen molar-refractivity contribution in [3.63, 3.8) is 0 Å². The van der Waals surface area contributed by atoms with E-state index in [-0.39, 0.29) is 12.1 Å². The van der Waals surface area contributed by atoms with Crippen LogP contribution in [0.15, 0.2) is 59.6 Å². The van der Waals surface area contributed by atoms with Crippen LogP contribution in [0.5, 0.6) is 0 Å². The normalized spacial score (nSPS) is 15.4. The Bertz CT molecular complexity index is 858. The molecule has 0 unspecified atom stereocenters. The van der Waals surface area contributed by atoms with Gasteiger partial charge in [0.2, 0.25) is 0 Å². The monoisotopic (exact) mass is 436 g/mol. The van der Waals surface area contributed by atoms with Gasteiger partial charge < -0.3 is 21.3 Å². The molecule has 2 aromatic rings. The minimum Gasteiger partial charge on any atom is -0.354 e. The van der Waals surface area contributed by atoms with E-state index in [1.54, 1.807) is 7.05 Å². The molecule has 1 aliphatic heterocycles. The first-order valence-electron chi connectivity index (χ1n) is 11.4. The van der Waals surface area contributed by atoms with Gasteiger partial charge in [-0.3, -0.25) is 9.89 Å². The van der Waals surface area contributed by atoms with Gasteiger partial charge in [0.25, 0.3) is 0 Å². The van der Waals surface area contributed by atoms with Crippen molar-refractivity contribution in [2.45, 2.75) is 51.9 Å². The van der Waals surface area contributed by atoms with Gasteiger partial charge >= 0.3 is 6.03 Å². The Morgan fingerprint density at radius 3 is 2.34 bits per heavy atom. The zero-order valence-corrected chi connectivity index (χ0v) is 19.4. The molecular weight excluding hydrogens is 400 g/mol. The molecule has 172 valence electrons. The van der Waals surface area contributed by atoms with Crippen molar-refractivity contribution in [3.05, 3.63) is 65.7 Å². The average molecular weight is 437 g/mol. The highest BCUT2D eigenvalue weighted by Crippen LogP contribution is 2.14. The van der Waals surface area contributed by atoms with Crippen LogP contribution in [0.3, 0.4) is 0 Å². The molecule has 4 N–H and O–H groups in total. The molecule has 0 bridgehead atoms. The number of piperidine rings is 1. The van der Waals surface area contributed by atoms with Crippen molar-refractivity contribution >= 4 is 17.7 Å². The number of nitrogens with zero attached hydrogens (tertiary/aromatic N) is 2. The smallest absolute Gasteiger partial charge is 0.319 e. The molecular formula is C25H36N6O. The summed E-state index contributed by atoms with van der Waals surface area (Å²) in [5.74, 6) is 0.824. The van der Waals surface area contributed by atoms with Crippen molar-refractivity contribution in [3.8, 4) is 0 Å². The first kappa shape index (κ1) is 23.6. The minimum atomic E-state index is -0.190. The van der Waals surface area contributed by atoms with Crippen LogP contribution in [0.25, 0.3) is 0 Å². The molecule has 7 nitrogen and oxygen atoms in total. The fourth-order valence-corrected chi connectivity index (χ4v) is 3.79. The second-order valence-corrected chi connectivity index (χ2v) is 8.56. The van der Waals surface area contributed by atoms with E-state index in [0.717, 1.165) is 49.7 Å². The Morgan fingerprint density at radius 1 is 1.03 bits per heavy atom. The van der Waals surface area contributed by atoms with Crippen molar-refractivity contribution < 1.29 is 4.79 Å². The van der Waals surface area contributed by atoms with E-state index in [1.165, 1.54) is 5.56 Å². The van der Waals surface area contributed by atoms with Gasteiger partial charge in [-0.1, -0.05) is 42.5 Å². The Labute approximate surface area is 191 Å². The van der Waals surface area contributed by atoms with E-state index in [1.807, 2.05) is 38.1 Å². The number of amides is 2. The number of benzene rings is 2. The highest BCUT2D eigenvalue weighted by Gasteiger charge is 2.20. The number of aliphatic imine (C=N–C) groups is 1. The maximum Gasteiger partial charge on any atom is 0.319 e. The van der Waals surface area contributed by atoms with Gasteiger partial charge in [0, 0.05) is 51.0 Å². The van der Waals surface area contributed by atoms with E-state index in [9.17, 15) is 4.79 Å². The number of rotatable bonds is 7. The number of carbonyl (C=O) groups excluding carboxylic acids is 1. The summed E-state index contributed by atoms with van der Waals surface area (Å²) in [5.41, 5.74) is 3.27. The van der Waals surface area contributed by atoms with Crippen LogP contribution in [0.4, 0.5) is 10.5 Å². The molecule has 2 amide bonds. The number of urea groups is 1. The summed E-state index contributed by atoms with van der Waals surface area (Å²) in [5, 5.41) is 12.6. The van der Waals surface area contributed by atoms with Gasteiger partial charge in [-0.05, 0) is 49.9 Å². The SMILES string of the molecule is CN=C(NCc1ccc(NC(=O)NC(C)C)cc1)NC1CCN(Cc2ccccc2)CC1. The Morgan fingerprint density at radius 2 is 1.72 bits per heavy atom. The predicted octanol–water partition coefficient (Wildman–Crippen LogP) is 3.55. The number of hydrogen-bond donors (Lipinski definition) is 4. The van der Waals surface area contributed by atoms with Crippen LogP contribution in [-0.2, 0) is 13.1 Å². The molecule has 0 aliphatic carbocycles. The van der Waals surface area contributed by atoms with E-state index >= 15 is 0 Å². The lowest BCUT2D eigenvalue weighted by Gasteiger charge is -2.33. The Hall–Kier alpha value is -3.06. The lowest BCUT2D eigenvalue weighted by molar-refractivity contribution is 0.198. The van der Waals surface area contributed by atoms with E-state index in [0.29, 0.717) is 12.6 Å². The number of carbonyl (C=O) groups is 1. The van der Waals surface area contributed by atoms with Gasteiger partial charge in [-0.25, -0.2) is 4.79 Å². The van der Waals surface area contributed by atoms with Crippen molar-refractivity contribution in [1.82, 2.24) is 20.9 Å². The highest BCUT2D eigenvalue weighted by atomic mass is 16.2. The second-order valence-electron chi connectivity index (χ2n) is 8.56. The van der Waals surface area contributed by atoms with Crippen LogP contribution in [-0.4, -0.2) is 49.1 Å². The molecule has 3 rings (SSSR count). The summed E-state index contributed by atoms with van der Waals surface area (Å²) >= 11 is 0. The average Bonchev–Trinajstić information content (AvgIpc) is 2.79. The molecule has 0 saturated carbocycles. The molecule has 2 aromatic carbocycles. The largest absolute Gasteiger partial charge is 0.354 e. The van der Waals surface area contributed by atoms with Gasteiger partial charge in [0.05, 0.1) is 0 Å². The topological polar surface area (TPSA) is 80.8 Å². The molecule has 1 fully saturated rings. The van der Waals surface area contributed by atoms with Crippen molar-refractivity contribution in [1.29, 1.82) is 0 Å². The van der Waals surface area contributed by atoms with Gasteiger partial charge in [-0.15, -0.1) is 0 Å². The van der Waals surface area contributed by atoms with Crippen molar-refractivity contribution in [2.24, 2.45) is 4.99 Å². The molecule has 0 radical (unpaired) electrons. The van der Waals surface area contributed by atoms with Gasteiger partial charge in [0.15, 0.2) is 5.96 Å². The van der Waals surface area contributed by atoms with Gasteiger partial charge in [-0.2, -0.15) is 0 Å². The molecule has 0 aromatic heterocycles. The van der Waals surface area contributed by atoms with Crippen LogP contribution >= 0.6 is 0 Å². The minimum absolute atomic E-state index is 0.105. The highest BCUT2D eigenvalue weighted by molar-refractivity contribution is 5.89. The van der Waals surface area contributed by atoms with E-state index in [2.05, 4.69) is 61.5 Å². The molecule has 1 heterocycles. The molecule has 1 saturated heterocycles. The third-order valence-electron chi connectivity index (χ3n) is 5.49. The van der Waals surface area contributed by atoms with E-state index in [4.69, 9.17) is 0 Å². The van der Waals surface area contributed by atoms with Crippen LogP contribution < -0.4 is 21.3 Å². The maximum absolute atomic E-state index is 11.8. The number of anilines is 1. The fourth-order valence-electron chi connectivity index (χ4n) is 3.79. The zero-order valence-electron chi connectivity index (χ0n) is 19.4. The number of hydrogen-bond acceptors (Lipinski definition) is 3. The molecule has 7 heteroatoms. The molecule has 0 spiro atoms. The summed E-state index contributed by atoms with van der Waals surface area (Å²) in [6, 6.07) is 18.8. The Kier molecular flexibility index (Phi) is 8.92. The Balaban J connectivity index is 1.39. The second kappa shape index (κ2) is 12.1. The fraction of sp³-hybridized carbons (Fsp3) is 0.440. The molecule has 1 aliphatic rings. The summed E-state index contributed by atoms with van der Waals surface area (Å²) in [7, 11) is 1.81. The van der Waals surface area contributed by atoms with Crippen molar-refractivity contribution in [2.75, 3.05) is 25.5 Å². The number of likely N-dealkylation sites (tertiary alicyclic amines) is 1. The summed E-state index contributed by atoms with van der Waals surface area (Å²) in [6.45, 7) is 7.73. The van der Waals surface area contributed by atoms with Crippen LogP contribution in [0, 0.1) is 0 Å². The summed E-state index contributed by atoms with van der Waals surface area (Å²) in [6.07, 6.45) is 2.21. The standard InChI is InChI=1S/C25H36N6O/c1-19(2)28-25(32)30-22-11-9-20(10-12-22)17-27-24(26-3)29-23-13-15-31(16-14-23)18-21-7-5-4-6-8-21/h4-12,19,23H,13-18H2,1-3H3,(H2,26,27,29)(H2,28,30,32). The van der Waals surface area contributed by atoms with Gasteiger partial charge in [0.1, 0.15) is 0 Å².